The topological polar surface area (TPSA) is 72.3 Å². The van der Waals surface area contributed by atoms with Crippen molar-refractivity contribution in [3.8, 4) is 11.4 Å². The molecule has 1 N–H and O–H groups in total. The SMILES string of the molecule is CCc1ccccc1NC(=O)CSc1nnc(N2CCCCC2)n1-c1ccccc1OC. The van der Waals surface area contributed by atoms with Gasteiger partial charge in [-0.3, -0.25) is 9.36 Å². The average Bonchev–Trinajstić information content (AvgIpc) is 3.27. The first-order valence-electron chi connectivity index (χ1n) is 11.1. The first kappa shape index (κ1) is 22.2. The fraction of sp³-hybridized carbons (Fsp3) is 0.375. The number of benzene rings is 2. The molecule has 0 saturated carbocycles. The lowest BCUT2D eigenvalue weighted by atomic mass is 10.1. The molecule has 3 aromatic rings. The molecule has 0 radical (unpaired) electrons. The Morgan fingerprint density at radius 2 is 1.81 bits per heavy atom. The molecule has 0 bridgehead atoms. The Bertz CT molecular complexity index is 1060. The molecule has 1 saturated heterocycles. The van der Waals surface area contributed by atoms with Crippen LogP contribution in [0.25, 0.3) is 5.69 Å². The number of aromatic nitrogens is 3. The Hall–Kier alpha value is -3.00. The fourth-order valence-corrected chi connectivity index (χ4v) is 4.69. The van der Waals surface area contributed by atoms with Gasteiger partial charge in [-0.1, -0.05) is 49.0 Å². The Labute approximate surface area is 193 Å². The second-order valence-corrected chi connectivity index (χ2v) is 8.63. The van der Waals surface area contributed by atoms with Gasteiger partial charge in [-0.05, 0) is 49.4 Å². The van der Waals surface area contributed by atoms with Crippen LogP contribution in [-0.2, 0) is 11.2 Å². The maximum absolute atomic E-state index is 12.7. The molecule has 0 aliphatic carbocycles. The van der Waals surface area contributed by atoms with E-state index < -0.39 is 0 Å². The summed E-state index contributed by atoms with van der Waals surface area (Å²) in [5.41, 5.74) is 2.86. The number of amides is 1. The van der Waals surface area contributed by atoms with Gasteiger partial charge in [0, 0.05) is 18.8 Å². The van der Waals surface area contributed by atoms with Gasteiger partial charge >= 0.3 is 0 Å². The number of rotatable bonds is 8. The molecule has 8 heteroatoms. The van der Waals surface area contributed by atoms with Crippen LogP contribution in [0, 0.1) is 0 Å². The van der Waals surface area contributed by atoms with Crippen LogP contribution in [0.3, 0.4) is 0 Å². The van der Waals surface area contributed by atoms with E-state index >= 15 is 0 Å². The molecule has 1 amide bonds. The van der Waals surface area contributed by atoms with Crippen molar-refractivity contribution in [2.75, 3.05) is 36.2 Å². The largest absolute Gasteiger partial charge is 0.495 e. The van der Waals surface area contributed by atoms with Crippen LogP contribution in [0.4, 0.5) is 11.6 Å². The molecule has 4 rings (SSSR count). The first-order valence-corrected chi connectivity index (χ1v) is 12.0. The van der Waals surface area contributed by atoms with E-state index in [9.17, 15) is 4.79 Å². The monoisotopic (exact) mass is 451 g/mol. The third-order valence-electron chi connectivity index (χ3n) is 5.59. The summed E-state index contributed by atoms with van der Waals surface area (Å²) in [6, 6.07) is 15.7. The molecule has 1 aliphatic heterocycles. The average molecular weight is 452 g/mol. The van der Waals surface area contributed by atoms with Gasteiger partial charge < -0.3 is 15.0 Å². The lowest BCUT2D eigenvalue weighted by Gasteiger charge is -2.28. The van der Waals surface area contributed by atoms with Crippen molar-refractivity contribution in [2.24, 2.45) is 0 Å². The first-order chi connectivity index (χ1) is 15.7. The highest BCUT2D eigenvalue weighted by atomic mass is 32.2. The summed E-state index contributed by atoms with van der Waals surface area (Å²) in [5.74, 6) is 1.72. The molecule has 1 aliphatic rings. The van der Waals surface area contributed by atoms with Crippen LogP contribution in [0.5, 0.6) is 5.75 Å². The Kier molecular flexibility index (Phi) is 7.32. The van der Waals surface area contributed by atoms with E-state index in [1.54, 1.807) is 7.11 Å². The summed E-state index contributed by atoms with van der Waals surface area (Å²) in [6.07, 6.45) is 4.38. The number of piperidine rings is 1. The fourth-order valence-electron chi connectivity index (χ4n) is 3.95. The van der Waals surface area contributed by atoms with Crippen LogP contribution in [0.15, 0.2) is 53.7 Å². The van der Waals surface area contributed by atoms with E-state index in [-0.39, 0.29) is 11.7 Å². The summed E-state index contributed by atoms with van der Waals surface area (Å²) < 4.78 is 7.63. The molecule has 0 atom stereocenters. The van der Waals surface area contributed by atoms with Gasteiger partial charge in [-0.2, -0.15) is 0 Å². The third-order valence-corrected chi connectivity index (χ3v) is 6.51. The van der Waals surface area contributed by atoms with Gasteiger partial charge in [0.05, 0.1) is 18.6 Å². The van der Waals surface area contributed by atoms with Crippen molar-refractivity contribution in [2.45, 2.75) is 37.8 Å². The Balaban J connectivity index is 1.58. The number of methoxy groups -OCH3 is 1. The van der Waals surface area contributed by atoms with Gasteiger partial charge in [0.2, 0.25) is 11.9 Å². The quantitative estimate of drug-likeness (QED) is 0.506. The van der Waals surface area contributed by atoms with Gasteiger partial charge in [0.1, 0.15) is 5.75 Å². The van der Waals surface area contributed by atoms with Crippen LogP contribution < -0.4 is 15.0 Å². The number of nitrogens with one attached hydrogen (secondary N) is 1. The second kappa shape index (κ2) is 10.5. The number of anilines is 2. The van der Waals surface area contributed by atoms with Crippen molar-refractivity contribution >= 4 is 29.3 Å². The van der Waals surface area contributed by atoms with Gasteiger partial charge in [-0.25, -0.2) is 0 Å². The normalized spacial score (nSPS) is 13.8. The zero-order valence-electron chi connectivity index (χ0n) is 18.6. The number of ether oxygens (including phenoxy) is 1. The lowest BCUT2D eigenvalue weighted by Crippen LogP contribution is -2.31. The number of para-hydroxylation sites is 3. The van der Waals surface area contributed by atoms with Crippen molar-refractivity contribution in [3.05, 3.63) is 54.1 Å². The number of carbonyl (C=O) groups is 1. The van der Waals surface area contributed by atoms with Crippen LogP contribution >= 0.6 is 11.8 Å². The van der Waals surface area contributed by atoms with Crippen molar-refractivity contribution in [1.29, 1.82) is 0 Å². The van der Waals surface area contributed by atoms with Gasteiger partial charge in [0.15, 0.2) is 5.16 Å². The minimum atomic E-state index is -0.0648. The predicted octanol–water partition coefficient (Wildman–Crippen LogP) is 4.56. The number of hydrogen-bond donors (Lipinski definition) is 1. The predicted molar refractivity (Wildman–Crippen MR) is 129 cm³/mol. The highest BCUT2D eigenvalue weighted by Gasteiger charge is 2.23. The number of carbonyl (C=O) groups excluding carboxylic acids is 1. The van der Waals surface area contributed by atoms with E-state index in [2.05, 4.69) is 27.3 Å². The lowest BCUT2D eigenvalue weighted by molar-refractivity contribution is -0.113. The smallest absolute Gasteiger partial charge is 0.234 e. The summed E-state index contributed by atoms with van der Waals surface area (Å²) in [4.78, 5) is 15.0. The minimum Gasteiger partial charge on any atom is -0.495 e. The molecule has 32 heavy (non-hydrogen) atoms. The number of thioether (sulfide) groups is 1. The summed E-state index contributed by atoms with van der Waals surface area (Å²) in [5, 5.41) is 12.7. The van der Waals surface area contributed by atoms with Gasteiger partial charge in [-0.15, -0.1) is 10.2 Å². The molecule has 168 valence electrons. The molecule has 2 aromatic carbocycles. The maximum Gasteiger partial charge on any atom is 0.234 e. The zero-order valence-corrected chi connectivity index (χ0v) is 19.4. The van der Waals surface area contributed by atoms with Crippen LogP contribution in [-0.4, -0.2) is 46.6 Å². The van der Waals surface area contributed by atoms with Crippen molar-refractivity contribution < 1.29 is 9.53 Å². The third kappa shape index (κ3) is 4.91. The summed E-state index contributed by atoms with van der Waals surface area (Å²) in [6.45, 7) is 3.98. The molecule has 2 heterocycles. The number of hydrogen-bond acceptors (Lipinski definition) is 6. The van der Waals surface area contributed by atoms with Crippen molar-refractivity contribution in [3.63, 3.8) is 0 Å². The van der Waals surface area contributed by atoms with Gasteiger partial charge in [0.25, 0.3) is 0 Å². The molecule has 0 spiro atoms. The molecule has 1 aromatic heterocycles. The van der Waals surface area contributed by atoms with Crippen molar-refractivity contribution in [1.82, 2.24) is 14.8 Å². The maximum atomic E-state index is 12.7. The highest BCUT2D eigenvalue weighted by molar-refractivity contribution is 7.99. The van der Waals surface area contributed by atoms with E-state index in [1.165, 1.54) is 18.2 Å². The molecule has 1 fully saturated rings. The standard InChI is InChI=1S/C24H29N5O2S/c1-3-18-11-5-6-12-19(18)25-22(30)17-32-24-27-26-23(28-15-9-4-10-16-28)29(24)20-13-7-8-14-21(20)31-2/h5-8,11-14H,3-4,9-10,15-17H2,1-2H3,(H,25,30). The number of aryl methyl sites for hydroxylation is 1. The Morgan fingerprint density at radius 1 is 1.06 bits per heavy atom. The molecule has 7 nitrogen and oxygen atoms in total. The molecular formula is C24H29N5O2S. The van der Waals surface area contributed by atoms with E-state index in [1.807, 2.05) is 53.1 Å². The highest BCUT2D eigenvalue weighted by Crippen LogP contribution is 2.32. The second-order valence-electron chi connectivity index (χ2n) is 7.69. The van der Waals surface area contributed by atoms with Crippen LogP contribution in [0.1, 0.15) is 31.7 Å². The minimum absolute atomic E-state index is 0.0648. The summed E-state index contributed by atoms with van der Waals surface area (Å²) >= 11 is 1.38. The summed E-state index contributed by atoms with van der Waals surface area (Å²) in [7, 11) is 1.66. The number of nitrogens with zero attached hydrogens (tertiary/aromatic N) is 4. The zero-order chi connectivity index (χ0) is 22.3. The van der Waals surface area contributed by atoms with E-state index in [0.717, 1.165) is 61.0 Å². The van der Waals surface area contributed by atoms with E-state index in [4.69, 9.17) is 4.74 Å². The molecule has 0 unspecified atom stereocenters. The molecular weight excluding hydrogens is 422 g/mol. The van der Waals surface area contributed by atoms with E-state index in [0.29, 0.717) is 5.16 Å². The van der Waals surface area contributed by atoms with Crippen LogP contribution in [0.2, 0.25) is 0 Å². The Morgan fingerprint density at radius 3 is 2.59 bits per heavy atom.